The maximum atomic E-state index is 12.6. The van der Waals surface area contributed by atoms with Crippen LogP contribution in [0.2, 0.25) is 0 Å². The molecule has 0 aliphatic rings. The molecule has 0 saturated carbocycles. The lowest BCUT2D eigenvalue weighted by atomic mass is 10.2. The zero-order valence-electron chi connectivity index (χ0n) is 14.1. The van der Waals surface area contributed by atoms with Crippen LogP contribution in [-0.2, 0) is 10.1 Å². The minimum atomic E-state index is -4.09. The van der Waals surface area contributed by atoms with Crippen LogP contribution in [0.25, 0.3) is 17.0 Å². The molecule has 0 unspecified atom stereocenters. The highest BCUT2D eigenvalue weighted by atomic mass is 32.2. The number of methoxy groups -OCH3 is 1. The highest BCUT2D eigenvalue weighted by Gasteiger charge is 2.20. The van der Waals surface area contributed by atoms with Gasteiger partial charge in [-0.2, -0.15) is 8.42 Å². The first-order valence-electron chi connectivity index (χ1n) is 7.72. The molecule has 1 aromatic heterocycles. The Morgan fingerprint density at radius 1 is 1.00 bits per heavy atom. The van der Waals surface area contributed by atoms with Crippen molar-refractivity contribution in [1.29, 1.82) is 0 Å². The molecule has 0 bridgehead atoms. The van der Waals surface area contributed by atoms with Crippen molar-refractivity contribution in [2.75, 3.05) is 7.11 Å². The third kappa shape index (κ3) is 3.62. The molecule has 0 radical (unpaired) electrons. The van der Waals surface area contributed by atoms with Gasteiger partial charge in [-0.15, -0.1) is 0 Å². The van der Waals surface area contributed by atoms with Crippen LogP contribution >= 0.6 is 0 Å². The van der Waals surface area contributed by atoms with Crippen LogP contribution in [-0.4, -0.2) is 15.5 Å². The SMILES string of the molecule is C/C=C/c1ccc(OS(=O)(=O)c2ccc3oc(=O)ccc3c2)c(OC)c1. The zero-order chi connectivity index (χ0) is 18.7. The summed E-state index contributed by atoms with van der Waals surface area (Å²) >= 11 is 0. The van der Waals surface area contributed by atoms with Gasteiger partial charge < -0.3 is 13.3 Å². The third-order valence-electron chi connectivity index (χ3n) is 3.63. The second-order valence-electron chi connectivity index (χ2n) is 5.40. The van der Waals surface area contributed by atoms with Gasteiger partial charge in [-0.1, -0.05) is 18.2 Å². The fraction of sp³-hybridized carbons (Fsp3) is 0.105. The smallest absolute Gasteiger partial charge is 0.339 e. The molecular weight excluding hydrogens is 356 g/mol. The van der Waals surface area contributed by atoms with Crippen molar-refractivity contribution in [2.45, 2.75) is 11.8 Å². The van der Waals surface area contributed by atoms with Gasteiger partial charge in [0.2, 0.25) is 0 Å². The average Bonchev–Trinajstić information content (AvgIpc) is 2.62. The van der Waals surface area contributed by atoms with E-state index < -0.39 is 15.7 Å². The molecule has 26 heavy (non-hydrogen) atoms. The van der Waals surface area contributed by atoms with Crippen molar-refractivity contribution in [3.05, 3.63) is 70.6 Å². The van der Waals surface area contributed by atoms with Gasteiger partial charge in [0.25, 0.3) is 0 Å². The van der Waals surface area contributed by atoms with Gasteiger partial charge in [0.15, 0.2) is 11.5 Å². The van der Waals surface area contributed by atoms with Crippen molar-refractivity contribution in [2.24, 2.45) is 0 Å². The molecule has 0 atom stereocenters. The number of ether oxygens (including phenoxy) is 1. The molecule has 0 amide bonds. The zero-order valence-corrected chi connectivity index (χ0v) is 14.9. The van der Waals surface area contributed by atoms with Crippen LogP contribution in [0.5, 0.6) is 11.5 Å². The molecule has 2 aromatic carbocycles. The molecule has 0 aliphatic heterocycles. The first-order chi connectivity index (χ1) is 12.4. The second-order valence-corrected chi connectivity index (χ2v) is 6.95. The second kappa shape index (κ2) is 7.05. The summed E-state index contributed by atoms with van der Waals surface area (Å²) < 4.78 is 40.7. The Morgan fingerprint density at radius 2 is 1.81 bits per heavy atom. The summed E-state index contributed by atoms with van der Waals surface area (Å²) in [7, 11) is -2.65. The minimum absolute atomic E-state index is 0.0570. The Hall–Kier alpha value is -3.06. The predicted octanol–water partition coefficient (Wildman–Crippen LogP) is 3.60. The fourth-order valence-electron chi connectivity index (χ4n) is 2.42. The average molecular weight is 372 g/mol. The summed E-state index contributed by atoms with van der Waals surface area (Å²) in [5.41, 5.74) is 0.648. The predicted molar refractivity (Wildman–Crippen MR) is 98.0 cm³/mol. The first-order valence-corrected chi connectivity index (χ1v) is 9.13. The van der Waals surface area contributed by atoms with Crippen molar-refractivity contribution < 1.29 is 21.8 Å². The van der Waals surface area contributed by atoms with E-state index in [4.69, 9.17) is 13.3 Å². The van der Waals surface area contributed by atoms with E-state index in [1.54, 1.807) is 12.1 Å². The maximum Gasteiger partial charge on any atom is 0.339 e. The number of hydrogen-bond donors (Lipinski definition) is 0. The lowest BCUT2D eigenvalue weighted by Gasteiger charge is -2.11. The Kier molecular flexibility index (Phi) is 4.81. The van der Waals surface area contributed by atoms with Gasteiger partial charge >= 0.3 is 15.7 Å². The van der Waals surface area contributed by atoms with Crippen LogP contribution in [0.3, 0.4) is 0 Å². The van der Waals surface area contributed by atoms with Crippen molar-refractivity contribution in [1.82, 2.24) is 0 Å². The van der Waals surface area contributed by atoms with Gasteiger partial charge in [0.1, 0.15) is 10.5 Å². The van der Waals surface area contributed by atoms with Crippen molar-refractivity contribution in [3.63, 3.8) is 0 Å². The molecular formula is C19H16O6S. The van der Waals surface area contributed by atoms with E-state index in [9.17, 15) is 13.2 Å². The molecule has 6 nitrogen and oxygen atoms in total. The Bertz CT molecular complexity index is 1140. The minimum Gasteiger partial charge on any atom is -0.493 e. The van der Waals surface area contributed by atoms with Gasteiger partial charge in [0, 0.05) is 11.5 Å². The van der Waals surface area contributed by atoms with Crippen LogP contribution < -0.4 is 14.5 Å². The van der Waals surface area contributed by atoms with E-state index in [0.29, 0.717) is 16.7 Å². The van der Waals surface area contributed by atoms with Crippen LogP contribution in [0.15, 0.2) is 68.7 Å². The molecule has 134 valence electrons. The molecule has 0 fully saturated rings. The van der Waals surface area contributed by atoms with E-state index in [1.165, 1.54) is 43.5 Å². The van der Waals surface area contributed by atoms with Gasteiger partial charge in [-0.25, -0.2) is 4.79 Å². The van der Waals surface area contributed by atoms with Crippen molar-refractivity contribution in [3.8, 4) is 11.5 Å². The number of benzene rings is 2. The third-order valence-corrected chi connectivity index (χ3v) is 4.86. The molecule has 0 saturated heterocycles. The number of allylic oxidation sites excluding steroid dienone is 1. The quantitative estimate of drug-likeness (QED) is 0.503. The van der Waals surface area contributed by atoms with E-state index in [1.807, 2.05) is 19.1 Å². The van der Waals surface area contributed by atoms with Gasteiger partial charge in [-0.05, 0) is 48.9 Å². The normalized spacial score (nSPS) is 11.8. The van der Waals surface area contributed by atoms with Crippen molar-refractivity contribution >= 4 is 27.2 Å². The Morgan fingerprint density at radius 3 is 2.54 bits per heavy atom. The van der Waals surface area contributed by atoms with Gasteiger partial charge in [-0.3, -0.25) is 0 Å². The summed E-state index contributed by atoms with van der Waals surface area (Å²) in [6.07, 6.45) is 3.72. The topological polar surface area (TPSA) is 82.8 Å². The highest BCUT2D eigenvalue weighted by Crippen LogP contribution is 2.31. The van der Waals surface area contributed by atoms with E-state index in [0.717, 1.165) is 5.56 Å². The number of fused-ring (bicyclic) bond motifs is 1. The molecule has 3 rings (SSSR count). The molecule has 3 aromatic rings. The van der Waals surface area contributed by atoms with E-state index >= 15 is 0 Å². The maximum absolute atomic E-state index is 12.6. The van der Waals surface area contributed by atoms with Crippen LogP contribution in [0.1, 0.15) is 12.5 Å². The Balaban J connectivity index is 1.98. The fourth-order valence-corrected chi connectivity index (χ4v) is 3.40. The highest BCUT2D eigenvalue weighted by molar-refractivity contribution is 7.87. The van der Waals surface area contributed by atoms with Gasteiger partial charge in [0.05, 0.1) is 7.11 Å². The molecule has 0 spiro atoms. The summed E-state index contributed by atoms with van der Waals surface area (Å²) in [4.78, 5) is 11.2. The largest absolute Gasteiger partial charge is 0.493 e. The lowest BCUT2D eigenvalue weighted by Crippen LogP contribution is -2.10. The Labute approximate surface area is 150 Å². The monoisotopic (exact) mass is 372 g/mol. The number of rotatable bonds is 5. The molecule has 0 aliphatic carbocycles. The summed E-state index contributed by atoms with van der Waals surface area (Å²) in [6, 6.07) is 11.8. The number of hydrogen-bond acceptors (Lipinski definition) is 6. The van der Waals surface area contributed by atoms with E-state index in [-0.39, 0.29) is 10.6 Å². The molecule has 0 N–H and O–H groups in total. The molecule has 1 heterocycles. The van der Waals surface area contributed by atoms with Crippen LogP contribution in [0, 0.1) is 0 Å². The standard InChI is InChI=1S/C19H16O6S/c1-3-4-13-5-8-17(18(11-13)23-2)25-26(21,22)15-7-9-16-14(12-15)6-10-19(20)24-16/h3-12H,1-2H3/b4-3+. The first kappa shape index (κ1) is 17.8. The molecule has 7 heteroatoms. The van der Waals surface area contributed by atoms with Crippen LogP contribution in [0.4, 0.5) is 0 Å². The summed E-state index contributed by atoms with van der Waals surface area (Å²) in [6.45, 7) is 1.88. The van der Waals surface area contributed by atoms with E-state index in [2.05, 4.69) is 0 Å². The summed E-state index contributed by atoms with van der Waals surface area (Å²) in [5.74, 6) is 0.386. The summed E-state index contributed by atoms with van der Waals surface area (Å²) in [5, 5.41) is 0.477. The lowest BCUT2D eigenvalue weighted by molar-refractivity contribution is 0.390.